The van der Waals surface area contributed by atoms with Crippen LogP contribution in [0.1, 0.15) is 77.7 Å². The zero-order valence-corrected chi connectivity index (χ0v) is 32.9. The number of nitrogens with zero attached hydrogens (tertiary/aromatic N) is 1. The lowest BCUT2D eigenvalue weighted by Gasteiger charge is -2.42. The summed E-state index contributed by atoms with van der Waals surface area (Å²) in [5, 5.41) is 45.4. The van der Waals surface area contributed by atoms with E-state index in [1.807, 2.05) is 0 Å². The van der Waals surface area contributed by atoms with E-state index in [0.717, 1.165) is 0 Å². The molecule has 0 bridgehead atoms. The first kappa shape index (κ1) is 47.0. The van der Waals surface area contributed by atoms with Crippen LogP contribution in [0.3, 0.4) is 0 Å². The Morgan fingerprint density at radius 3 is 2.19 bits per heavy atom. The highest BCUT2D eigenvalue weighted by Gasteiger charge is 2.45. The van der Waals surface area contributed by atoms with Gasteiger partial charge in [0.25, 0.3) is 0 Å². The van der Waals surface area contributed by atoms with Crippen molar-refractivity contribution in [2.24, 2.45) is 11.7 Å². The van der Waals surface area contributed by atoms with Gasteiger partial charge >= 0.3 is 12.1 Å². The number of nitrogens with two attached hydrogens (primary N) is 1. The topological polar surface area (TPSA) is 317 Å². The van der Waals surface area contributed by atoms with Gasteiger partial charge in [-0.15, -0.1) is 0 Å². The molecule has 0 aliphatic carbocycles. The minimum Gasteiger partial charge on any atom is -0.445 e. The van der Waals surface area contributed by atoms with E-state index < -0.39 is 79.1 Å². The predicted molar refractivity (Wildman–Crippen MR) is 204 cm³/mol. The fraction of sp³-hybridized carbons (Fsp3) is 0.622. The summed E-state index contributed by atoms with van der Waals surface area (Å²) in [4.78, 5) is 100.0. The van der Waals surface area contributed by atoms with Gasteiger partial charge < -0.3 is 57.1 Å². The molecule has 0 radical (unpaired) electrons. The van der Waals surface area contributed by atoms with Crippen molar-refractivity contribution in [1.29, 1.82) is 0 Å². The van der Waals surface area contributed by atoms with Gasteiger partial charge in [-0.05, 0) is 49.3 Å². The lowest BCUT2D eigenvalue weighted by atomic mass is 9.96. The number of anilines is 1. The summed E-state index contributed by atoms with van der Waals surface area (Å²) in [5.41, 5.74) is 5.98. The Morgan fingerprint density at radius 1 is 0.914 bits per heavy atom. The van der Waals surface area contributed by atoms with Crippen LogP contribution in [0.2, 0.25) is 0 Å². The highest BCUT2D eigenvalue weighted by Crippen LogP contribution is 2.21. The highest BCUT2D eigenvalue weighted by molar-refractivity contribution is 6.02. The van der Waals surface area contributed by atoms with Gasteiger partial charge in [0.15, 0.2) is 6.23 Å². The number of carbonyl (C=O) groups is 8. The van der Waals surface area contributed by atoms with Gasteiger partial charge in [-0.25, -0.2) is 9.59 Å². The number of imide groups is 1. The van der Waals surface area contributed by atoms with E-state index in [0.29, 0.717) is 37.1 Å². The van der Waals surface area contributed by atoms with Crippen LogP contribution in [-0.2, 0) is 44.8 Å². The number of hydrogen-bond acceptors (Lipinski definition) is 13. The summed E-state index contributed by atoms with van der Waals surface area (Å²) in [7, 11) is 0. The first-order valence-corrected chi connectivity index (χ1v) is 19.2. The Bertz CT molecular complexity index is 1600. The monoisotopic (exact) mass is 820 g/mol. The standard InChI is InChI=1S/C37H56N8O13/c1-20(2)29(43-26(48)9-5-4-6-17-45-27(49)14-15-28(45)50)34(54)42-24(8-7-16-39-36(38)55)33(53)41-23-12-10-22(11-13-23)19-57-37(56)44-35-30(40-21(3)47)32(52)31(51)25(18-46)58-35/h10-13,20,24-25,29-32,35,46,51-52H,4-9,14-19H2,1-3H3,(H,40,47)(H,41,53)(H,42,54)(H,43,48)(H,44,56)(H3,38,39,55)/t24?,25-,29?,30-,31-,32-,35?/m1/s1. The number of hydrogen-bond donors (Lipinski definition) is 10. The number of nitrogens with one attached hydrogen (secondary N) is 6. The number of ether oxygens (including phenoxy) is 2. The third-order valence-electron chi connectivity index (χ3n) is 9.46. The molecule has 0 aromatic heterocycles. The van der Waals surface area contributed by atoms with Crippen molar-refractivity contribution in [1.82, 2.24) is 31.5 Å². The Hall–Kier alpha value is -5.38. The Morgan fingerprint density at radius 2 is 1.59 bits per heavy atom. The molecule has 21 nitrogen and oxygen atoms in total. The van der Waals surface area contributed by atoms with Crippen molar-refractivity contribution < 1.29 is 63.1 Å². The molecule has 9 amide bonds. The molecule has 11 N–H and O–H groups in total. The first-order chi connectivity index (χ1) is 27.5. The van der Waals surface area contributed by atoms with Crippen LogP contribution < -0.4 is 37.6 Å². The molecule has 2 aliphatic heterocycles. The molecule has 2 heterocycles. The quantitative estimate of drug-likeness (QED) is 0.0504. The molecule has 1 aromatic carbocycles. The molecule has 21 heteroatoms. The fourth-order valence-electron chi connectivity index (χ4n) is 6.29. The van der Waals surface area contributed by atoms with Crippen LogP contribution in [0.4, 0.5) is 15.3 Å². The number of unbranched alkanes of at least 4 members (excludes halogenated alkanes) is 2. The summed E-state index contributed by atoms with van der Waals surface area (Å²) in [6.45, 7) is 4.17. The number of carbonyl (C=O) groups excluding carboxylic acids is 8. The highest BCUT2D eigenvalue weighted by atomic mass is 16.6. The Labute approximate surface area is 335 Å². The van der Waals surface area contributed by atoms with Crippen molar-refractivity contribution in [2.45, 2.75) is 121 Å². The average Bonchev–Trinajstić information content (AvgIpc) is 3.49. The number of aliphatic hydroxyl groups excluding tert-OH is 3. The average molecular weight is 821 g/mol. The largest absolute Gasteiger partial charge is 0.445 e. The van der Waals surface area contributed by atoms with Gasteiger partial charge in [-0.3, -0.25) is 39.0 Å². The van der Waals surface area contributed by atoms with Crippen molar-refractivity contribution in [3.8, 4) is 0 Å². The third kappa shape index (κ3) is 14.8. The number of primary amides is 1. The van der Waals surface area contributed by atoms with Gasteiger partial charge in [0.1, 0.15) is 43.0 Å². The molecule has 7 atom stereocenters. The second kappa shape index (κ2) is 23.1. The molecule has 2 fully saturated rings. The SMILES string of the molecule is CC(=O)N[C@H]1C(NC(=O)OCc2ccc(NC(=O)C(CCCNC(N)=O)NC(=O)C(NC(=O)CCCCCN3C(=O)CCC3=O)C(C)C)cc2)O[C@H](CO)[C@@H](O)[C@@H]1O. The van der Waals surface area contributed by atoms with Gasteiger partial charge in [0.05, 0.1) is 6.61 Å². The van der Waals surface area contributed by atoms with E-state index >= 15 is 0 Å². The number of amides is 9. The molecule has 2 saturated heterocycles. The van der Waals surface area contributed by atoms with Crippen LogP contribution in [0, 0.1) is 5.92 Å². The molecule has 3 rings (SSSR count). The molecule has 0 saturated carbocycles. The maximum Gasteiger partial charge on any atom is 0.409 e. The van der Waals surface area contributed by atoms with Crippen molar-refractivity contribution >= 4 is 53.3 Å². The summed E-state index contributed by atoms with van der Waals surface area (Å²) >= 11 is 0. The van der Waals surface area contributed by atoms with Crippen LogP contribution in [-0.4, -0.2) is 130 Å². The summed E-state index contributed by atoms with van der Waals surface area (Å²) in [6.07, 6.45) is -4.14. The number of alkyl carbamates (subject to hydrolysis) is 1. The molecule has 3 unspecified atom stereocenters. The van der Waals surface area contributed by atoms with E-state index in [1.165, 1.54) is 24.0 Å². The summed E-state index contributed by atoms with van der Waals surface area (Å²) < 4.78 is 10.7. The van der Waals surface area contributed by atoms with E-state index in [2.05, 4.69) is 31.9 Å². The van der Waals surface area contributed by atoms with Crippen molar-refractivity contribution in [2.75, 3.05) is 25.0 Å². The molecule has 58 heavy (non-hydrogen) atoms. The number of urea groups is 1. The van der Waals surface area contributed by atoms with Crippen molar-refractivity contribution in [3.05, 3.63) is 29.8 Å². The minimum atomic E-state index is -1.57. The minimum absolute atomic E-state index is 0.0994. The van der Waals surface area contributed by atoms with Gasteiger partial charge in [-0.2, -0.15) is 0 Å². The molecule has 2 aliphatic rings. The third-order valence-corrected chi connectivity index (χ3v) is 9.46. The van der Waals surface area contributed by atoms with E-state index in [4.69, 9.17) is 15.2 Å². The van der Waals surface area contributed by atoms with Crippen LogP contribution in [0.5, 0.6) is 0 Å². The second-order valence-corrected chi connectivity index (χ2v) is 14.4. The van der Waals surface area contributed by atoms with E-state index in [9.17, 15) is 53.7 Å². The summed E-state index contributed by atoms with van der Waals surface area (Å²) in [6, 6.07) is 2.11. The molecule has 0 spiro atoms. The lowest BCUT2D eigenvalue weighted by Crippen LogP contribution is -2.68. The Kier molecular flexibility index (Phi) is 18.7. The normalized spacial score (nSPS) is 21.4. The predicted octanol–water partition coefficient (Wildman–Crippen LogP) is -1.42. The zero-order valence-electron chi connectivity index (χ0n) is 32.9. The van der Waals surface area contributed by atoms with Gasteiger partial charge in [-0.1, -0.05) is 32.4 Å². The first-order valence-electron chi connectivity index (χ1n) is 19.2. The van der Waals surface area contributed by atoms with Gasteiger partial charge in [0.2, 0.25) is 35.4 Å². The Balaban J connectivity index is 1.55. The lowest BCUT2D eigenvalue weighted by molar-refractivity contribution is -0.200. The van der Waals surface area contributed by atoms with Gasteiger partial charge in [0, 0.05) is 45.0 Å². The van der Waals surface area contributed by atoms with E-state index in [1.54, 1.807) is 26.0 Å². The maximum absolute atomic E-state index is 13.5. The van der Waals surface area contributed by atoms with Crippen LogP contribution >= 0.6 is 0 Å². The fourth-order valence-corrected chi connectivity index (χ4v) is 6.29. The number of likely N-dealkylation sites (tertiary alicyclic amines) is 1. The molecule has 322 valence electrons. The van der Waals surface area contributed by atoms with E-state index in [-0.39, 0.29) is 68.9 Å². The second-order valence-electron chi connectivity index (χ2n) is 14.4. The molecule has 1 aromatic rings. The zero-order chi connectivity index (χ0) is 42.9. The molecular formula is C37H56N8O13. The number of aliphatic hydroxyl groups is 3. The number of rotatable bonds is 21. The smallest absolute Gasteiger partial charge is 0.409 e. The summed E-state index contributed by atoms with van der Waals surface area (Å²) in [5.74, 6) is -2.85. The number of benzene rings is 1. The maximum atomic E-state index is 13.5. The van der Waals surface area contributed by atoms with Crippen LogP contribution in [0.25, 0.3) is 0 Å². The van der Waals surface area contributed by atoms with Crippen LogP contribution in [0.15, 0.2) is 24.3 Å². The molecular weight excluding hydrogens is 764 g/mol. The van der Waals surface area contributed by atoms with Crippen molar-refractivity contribution in [3.63, 3.8) is 0 Å².